The van der Waals surface area contributed by atoms with Crippen LogP contribution in [0.15, 0.2) is 18.2 Å². The fourth-order valence-corrected chi connectivity index (χ4v) is 4.17. The van der Waals surface area contributed by atoms with Gasteiger partial charge in [0.05, 0.1) is 18.8 Å². The number of carbonyl (C=O) groups excluding carboxylic acids is 3. The van der Waals surface area contributed by atoms with Crippen molar-refractivity contribution in [1.82, 2.24) is 5.32 Å². The molecule has 25 heavy (non-hydrogen) atoms. The van der Waals surface area contributed by atoms with Crippen molar-refractivity contribution in [2.75, 3.05) is 29.5 Å². The number of benzene rings is 1. The topological polar surface area (TPSA) is 110 Å². The van der Waals surface area contributed by atoms with Gasteiger partial charge < -0.3 is 10.1 Å². The zero-order valence-corrected chi connectivity index (χ0v) is 14.5. The number of nitrogens with zero attached hydrogens (tertiary/aromatic N) is 1. The molecule has 2 amide bonds. The van der Waals surface area contributed by atoms with Crippen LogP contribution in [0.5, 0.6) is 0 Å². The molecule has 134 valence electrons. The molecule has 0 aromatic heterocycles. The number of fused-ring (bicyclic) bond motifs is 1. The number of anilines is 1. The Balaban J connectivity index is 1.81. The molecule has 0 bridgehead atoms. The van der Waals surface area contributed by atoms with Crippen molar-refractivity contribution in [3.63, 3.8) is 0 Å². The Labute approximate surface area is 145 Å². The van der Waals surface area contributed by atoms with E-state index in [0.717, 1.165) is 0 Å². The summed E-state index contributed by atoms with van der Waals surface area (Å²) in [5.74, 6) is -1.21. The lowest BCUT2D eigenvalue weighted by molar-refractivity contribution is -0.119. The van der Waals surface area contributed by atoms with Crippen molar-refractivity contribution >= 4 is 33.3 Å². The summed E-state index contributed by atoms with van der Waals surface area (Å²) in [5, 5.41) is 2.60. The molecule has 9 heteroatoms. The molecule has 0 unspecified atom stereocenters. The monoisotopic (exact) mass is 366 g/mol. The van der Waals surface area contributed by atoms with E-state index in [1.165, 1.54) is 11.8 Å². The van der Waals surface area contributed by atoms with Gasteiger partial charge in [0.15, 0.2) is 15.6 Å². The third-order valence-corrected chi connectivity index (χ3v) is 5.72. The average Bonchev–Trinajstić information content (AvgIpc) is 2.86. The smallest absolute Gasteiger partial charge is 0.414 e. The number of hydrogen-bond donors (Lipinski definition) is 1. The molecule has 0 spiro atoms. The lowest BCUT2D eigenvalue weighted by Gasteiger charge is -2.15. The summed E-state index contributed by atoms with van der Waals surface area (Å²) in [6.45, 7) is 1.87. The van der Waals surface area contributed by atoms with Gasteiger partial charge in [-0.2, -0.15) is 0 Å². The molecular formula is C16H18N2O6S. The van der Waals surface area contributed by atoms with Gasteiger partial charge in [-0.25, -0.2) is 13.2 Å². The third kappa shape index (κ3) is 3.81. The average molecular weight is 366 g/mol. The van der Waals surface area contributed by atoms with Crippen LogP contribution < -0.4 is 10.2 Å². The summed E-state index contributed by atoms with van der Waals surface area (Å²) in [6.07, 6.45) is -0.768. The largest absolute Gasteiger partial charge is 0.442 e. The minimum Gasteiger partial charge on any atom is -0.442 e. The van der Waals surface area contributed by atoms with Crippen molar-refractivity contribution in [2.24, 2.45) is 0 Å². The van der Waals surface area contributed by atoms with Crippen LogP contribution in [0.4, 0.5) is 10.5 Å². The molecule has 1 atom stereocenters. The Morgan fingerprint density at radius 3 is 2.84 bits per heavy atom. The highest BCUT2D eigenvalue weighted by Gasteiger charge is 2.33. The van der Waals surface area contributed by atoms with Crippen LogP contribution in [0.2, 0.25) is 0 Å². The van der Waals surface area contributed by atoms with Crippen molar-refractivity contribution < 1.29 is 27.5 Å². The van der Waals surface area contributed by atoms with Gasteiger partial charge in [0.1, 0.15) is 11.9 Å². The summed E-state index contributed by atoms with van der Waals surface area (Å²) < 4.78 is 28.8. The molecule has 1 N–H and O–H groups in total. The second-order valence-electron chi connectivity index (χ2n) is 6.16. The van der Waals surface area contributed by atoms with E-state index in [4.69, 9.17) is 4.74 Å². The van der Waals surface area contributed by atoms with E-state index in [1.54, 1.807) is 18.2 Å². The second-order valence-corrected chi connectivity index (χ2v) is 8.34. The standard InChI is InChI=1S/C16H18N2O6S/c1-10(19)17-7-13-8-18(16(21)24-13)12-2-3-14-11(6-12)4-5-25(22,23)9-15(14)20/h2-3,6,13H,4-5,7-9H2,1H3,(H,17,19)/t13-/m0/s1. The highest BCUT2D eigenvalue weighted by molar-refractivity contribution is 7.92. The van der Waals surface area contributed by atoms with E-state index in [9.17, 15) is 22.8 Å². The number of Topliss-reactive ketones (excluding diaryl/α,β-unsaturated/α-hetero) is 1. The number of carbonyl (C=O) groups is 3. The summed E-state index contributed by atoms with van der Waals surface area (Å²) >= 11 is 0. The van der Waals surface area contributed by atoms with Crippen LogP contribution in [-0.2, 0) is 25.8 Å². The van der Waals surface area contributed by atoms with Crippen LogP contribution in [0.3, 0.4) is 0 Å². The fraction of sp³-hybridized carbons (Fsp3) is 0.438. The van der Waals surface area contributed by atoms with E-state index in [-0.39, 0.29) is 31.2 Å². The number of ketones is 1. The number of ether oxygens (including phenoxy) is 1. The Hall–Kier alpha value is -2.42. The molecule has 1 aromatic carbocycles. The molecule has 0 aliphatic carbocycles. The normalized spacial score (nSPS) is 22.1. The zero-order chi connectivity index (χ0) is 18.2. The lowest BCUT2D eigenvalue weighted by atomic mass is 10.0. The van der Waals surface area contributed by atoms with Gasteiger partial charge in [-0.15, -0.1) is 0 Å². The second kappa shape index (κ2) is 6.47. The third-order valence-electron chi connectivity index (χ3n) is 4.19. The maximum absolute atomic E-state index is 12.1. The molecule has 3 rings (SSSR count). The fourth-order valence-electron chi connectivity index (χ4n) is 2.94. The van der Waals surface area contributed by atoms with Crippen LogP contribution in [0.25, 0.3) is 0 Å². The summed E-state index contributed by atoms with van der Waals surface area (Å²) in [4.78, 5) is 36.5. The van der Waals surface area contributed by atoms with Crippen LogP contribution in [0.1, 0.15) is 22.8 Å². The van der Waals surface area contributed by atoms with Gasteiger partial charge in [0, 0.05) is 18.2 Å². The van der Waals surface area contributed by atoms with Crippen LogP contribution >= 0.6 is 0 Å². The van der Waals surface area contributed by atoms with Crippen molar-refractivity contribution in [1.29, 1.82) is 0 Å². The first kappa shape index (κ1) is 17.4. The minimum absolute atomic E-state index is 0.0925. The summed E-state index contributed by atoms with van der Waals surface area (Å²) in [6, 6.07) is 4.83. The molecule has 2 aliphatic heterocycles. The highest BCUT2D eigenvalue weighted by Crippen LogP contribution is 2.27. The Kier molecular flexibility index (Phi) is 4.51. The Morgan fingerprint density at radius 2 is 2.12 bits per heavy atom. The van der Waals surface area contributed by atoms with E-state index in [0.29, 0.717) is 16.8 Å². The molecule has 1 aromatic rings. The molecule has 1 fully saturated rings. The Bertz CT molecular complexity index is 848. The number of rotatable bonds is 3. The number of nitrogens with one attached hydrogen (secondary N) is 1. The molecule has 0 radical (unpaired) electrons. The Morgan fingerprint density at radius 1 is 1.36 bits per heavy atom. The predicted octanol–water partition coefficient (Wildman–Crippen LogP) is 0.302. The van der Waals surface area contributed by atoms with Gasteiger partial charge in [-0.1, -0.05) is 0 Å². The van der Waals surface area contributed by atoms with Crippen molar-refractivity contribution in [3.8, 4) is 0 Å². The lowest BCUT2D eigenvalue weighted by Crippen LogP contribution is -2.33. The minimum atomic E-state index is -3.40. The molecule has 2 aliphatic rings. The first-order valence-electron chi connectivity index (χ1n) is 7.84. The first-order chi connectivity index (χ1) is 11.7. The van der Waals surface area contributed by atoms with Crippen molar-refractivity contribution in [3.05, 3.63) is 29.3 Å². The zero-order valence-electron chi connectivity index (χ0n) is 13.6. The molecule has 0 saturated carbocycles. The summed E-state index contributed by atoms with van der Waals surface area (Å²) in [7, 11) is -3.40. The summed E-state index contributed by atoms with van der Waals surface area (Å²) in [5.41, 5.74) is 1.54. The quantitative estimate of drug-likeness (QED) is 0.824. The van der Waals surface area contributed by atoms with Crippen molar-refractivity contribution in [2.45, 2.75) is 19.4 Å². The maximum Gasteiger partial charge on any atom is 0.414 e. The number of aryl methyl sites for hydroxylation is 1. The number of amides is 2. The number of cyclic esters (lactones) is 1. The molecule has 1 saturated heterocycles. The number of sulfone groups is 1. The molecular weight excluding hydrogens is 348 g/mol. The van der Waals surface area contributed by atoms with Crippen LogP contribution in [0, 0.1) is 0 Å². The number of hydrogen-bond acceptors (Lipinski definition) is 6. The van der Waals surface area contributed by atoms with Crippen LogP contribution in [-0.4, -0.2) is 56.9 Å². The van der Waals surface area contributed by atoms with Gasteiger partial charge in [0.25, 0.3) is 0 Å². The first-order valence-corrected chi connectivity index (χ1v) is 9.66. The maximum atomic E-state index is 12.1. The van der Waals surface area contributed by atoms with E-state index >= 15 is 0 Å². The van der Waals surface area contributed by atoms with E-state index in [1.807, 2.05) is 0 Å². The SMILES string of the molecule is CC(=O)NC[C@H]1CN(c2ccc3c(c2)CCS(=O)(=O)CC3=O)C(=O)O1. The highest BCUT2D eigenvalue weighted by atomic mass is 32.2. The molecule has 2 heterocycles. The van der Waals surface area contributed by atoms with Gasteiger partial charge in [-0.3, -0.25) is 14.5 Å². The van der Waals surface area contributed by atoms with Gasteiger partial charge >= 0.3 is 6.09 Å². The van der Waals surface area contributed by atoms with Gasteiger partial charge in [-0.05, 0) is 30.2 Å². The predicted molar refractivity (Wildman–Crippen MR) is 89.4 cm³/mol. The van der Waals surface area contributed by atoms with Gasteiger partial charge in [0.2, 0.25) is 5.91 Å². The van der Waals surface area contributed by atoms with E-state index in [2.05, 4.69) is 5.32 Å². The molecule has 8 nitrogen and oxygen atoms in total. The van der Waals surface area contributed by atoms with E-state index < -0.39 is 33.6 Å².